The second kappa shape index (κ2) is 10.7. The first kappa shape index (κ1) is 23.1. The van der Waals surface area contributed by atoms with Crippen LogP contribution in [-0.4, -0.2) is 38.7 Å². The maximum Gasteiger partial charge on any atom is 0.220 e. The van der Waals surface area contributed by atoms with Crippen molar-refractivity contribution >= 4 is 5.91 Å². The van der Waals surface area contributed by atoms with Crippen molar-refractivity contribution in [1.82, 2.24) is 25.0 Å². The Morgan fingerprint density at radius 3 is 2.66 bits per heavy atom. The summed E-state index contributed by atoms with van der Waals surface area (Å²) in [6.45, 7) is 5.42. The Balaban J connectivity index is 1.20. The first-order valence-corrected chi connectivity index (χ1v) is 12.3. The van der Waals surface area contributed by atoms with Crippen molar-refractivity contribution in [2.75, 3.05) is 13.1 Å². The highest BCUT2D eigenvalue weighted by atomic mass is 16.3. The highest BCUT2D eigenvalue weighted by Crippen LogP contribution is 2.26. The minimum atomic E-state index is -0.189. The van der Waals surface area contributed by atoms with Gasteiger partial charge in [-0.2, -0.15) is 0 Å². The molecule has 2 aromatic carbocycles. The monoisotopic (exact) mass is 469 g/mol. The van der Waals surface area contributed by atoms with Crippen molar-refractivity contribution < 1.29 is 9.21 Å². The van der Waals surface area contributed by atoms with Crippen molar-refractivity contribution in [2.24, 2.45) is 0 Å². The summed E-state index contributed by atoms with van der Waals surface area (Å²) < 4.78 is 7.83. The van der Waals surface area contributed by atoms with E-state index in [0.717, 1.165) is 62.0 Å². The number of hydrogen-bond donors (Lipinski definition) is 1. The number of amides is 1. The number of rotatable bonds is 8. The van der Waals surface area contributed by atoms with Gasteiger partial charge in [-0.05, 0) is 36.6 Å². The topological polar surface area (TPSA) is 76.2 Å². The van der Waals surface area contributed by atoms with Gasteiger partial charge in [0.15, 0.2) is 5.82 Å². The summed E-state index contributed by atoms with van der Waals surface area (Å²) in [5.74, 6) is 2.73. The first-order valence-electron chi connectivity index (χ1n) is 12.3. The Hall–Kier alpha value is -3.71. The Kier molecular flexibility index (Phi) is 7.04. The van der Waals surface area contributed by atoms with Gasteiger partial charge in [-0.1, -0.05) is 54.6 Å². The van der Waals surface area contributed by atoms with E-state index in [0.29, 0.717) is 6.42 Å². The number of nitrogens with zero attached hydrogens (tertiary/aromatic N) is 4. The normalized spacial score (nSPS) is 14.8. The molecular weight excluding hydrogens is 438 g/mol. The highest BCUT2D eigenvalue weighted by Gasteiger charge is 2.23. The molecule has 1 aliphatic rings. The summed E-state index contributed by atoms with van der Waals surface area (Å²) in [7, 11) is 0. The van der Waals surface area contributed by atoms with Gasteiger partial charge in [0.1, 0.15) is 11.6 Å². The quantitative estimate of drug-likeness (QED) is 0.414. The summed E-state index contributed by atoms with van der Waals surface area (Å²) in [5.41, 5.74) is 3.55. The predicted octanol–water partition coefficient (Wildman–Crippen LogP) is 4.41. The minimum Gasteiger partial charge on any atom is -0.464 e. The molecule has 0 saturated carbocycles. The molecule has 0 unspecified atom stereocenters. The van der Waals surface area contributed by atoms with Crippen LogP contribution in [0.3, 0.4) is 0 Å². The molecule has 35 heavy (non-hydrogen) atoms. The second-order valence-electron chi connectivity index (χ2n) is 9.06. The Bertz CT molecular complexity index is 1250. The van der Waals surface area contributed by atoms with Crippen LogP contribution >= 0.6 is 0 Å². The van der Waals surface area contributed by atoms with Gasteiger partial charge in [-0.25, -0.2) is 0 Å². The van der Waals surface area contributed by atoms with E-state index in [2.05, 4.69) is 43.2 Å². The van der Waals surface area contributed by atoms with Crippen molar-refractivity contribution in [3.63, 3.8) is 0 Å². The zero-order chi connectivity index (χ0) is 24.0. The Morgan fingerprint density at radius 1 is 1.00 bits per heavy atom. The molecule has 7 heteroatoms. The molecule has 0 fully saturated rings. The summed E-state index contributed by atoms with van der Waals surface area (Å²) in [6.07, 6.45) is 3.72. The van der Waals surface area contributed by atoms with Crippen LogP contribution in [0.2, 0.25) is 0 Å². The number of nitrogens with one attached hydrogen (secondary N) is 1. The zero-order valence-electron chi connectivity index (χ0n) is 20.1. The average molecular weight is 470 g/mol. The minimum absolute atomic E-state index is 0.0310. The van der Waals surface area contributed by atoms with E-state index in [-0.39, 0.29) is 11.9 Å². The SMILES string of the molecule is C[C@@H](NC(=O)CCc1ccccc1)c1nnc2n1CCN(Cc1ccccc1-c1ccco1)CC2. The third kappa shape index (κ3) is 5.52. The van der Waals surface area contributed by atoms with Gasteiger partial charge in [-0.3, -0.25) is 9.69 Å². The third-order valence-corrected chi connectivity index (χ3v) is 6.59. The van der Waals surface area contributed by atoms with Crippen LogP contribution in [-0.2, 0) is 30.7 Å². The largest absolute Gasteiger partial charge is 0.464 e. The van der Waals surface area contributed by atoms with E-state index < -0.39 is 0 Å². The van der Waals surface area contributed by atoms with E-state index >= 15 is 0 Å². The average Bonchev–Trinajstić information content (AvgIpc) is 3.52. The number of hydrogen-bond acceptors (Lipinski definition) is 5. The number of fused-ring (bicyclic) bond motifs is 1. The van der Waals surface area contributed by atoms with E-state index in [1.165, 1.54) is 11.1 Å². The molecule has 7 nitrogen and oxygen atoms in total. The maximum absolute atomic E-state index is 12.6. The van der Waals surface area contributed by atoms with Crippen molar-refractivity contribution in [2.45, 2.75) is 45.3 Å². The number of aromatic nitrogens is 3. The lowest BCUT2D eigenvalue weighted by Gasteiger charge is -2.21. The van der Waals surface area contributed by atoms with Crippen LogP contribution < -0.4 is 5.32 Å². The van der Waals surface area contributed by atoms with Gasteiger partial charge >= 0.3 is 0 Å². The van der Waals surface area contributed by atoms with Gasteiger partial charge < -0.3 is 14.3 Å². The van der Waals surface area contributed by atoms with Crippen LogP contribution in [0.25, 0.3) is 11.3 Å². The predicted molar refractivity (Wildman–Crippen MR) is 134 cm³/mol. The number of carbonyl (C=O) groups is 1. The molecule has 1 amide bonds. The van der Waals surface area contributed by atoms with Crippen molar-refractivity contribution in [3.05, 3.63) is 95.8 Å². The fourth-order valence-corrected chi connectivity index (χ4v) is 4.72. The van der Waals surface area contributed by atoms with Crippen molar-refractivity contribution in [1.29, 1.82) is 0 Å². The van der Waals surface area contributed by atoms with Gasteiger partial charge in [0.05, 0.1) is 12.3 Å². The van der Waals surface area contributed by atoms with Crippen LogP contribution in [0.5, 0.6) is 0 Å². The van der Waals surface area contributed by atoms with Gasteiger partial charge in [-0.15, -0.1) is 10.2 Å². The number of carbonyl (C=O) groups excluding carboxylic acids is 1. The molecule has 1 N–H and O–H groups in total. The van der Waals surface area contributed by atoms with Gasteiger partial charge in [0, 0.05) is 44.6 Å². The standard InChI is InChI=1S/C28H31N5O2/c1-21(29-27(34)14-13-22-8-3-2-4-9-22)28-31-30-26-15-16-32(17-18-33(26)28)20-23-10-5-6-11-24(23)25-12-7-19-35-25/h2-12,19,21H,13-18,20H2,1H3,(H,29,34)/t21-/m1/s1. The summed E-state index contributed by atoms with van der Waals surface area (Å²) >= 11 is 0. The van der Waals surface area contributed by atoms with E-state index in [1.54, 1.807) is 6.26 Å². The molecule has 180 valence electrons. The molecule has 0 aliphatic carbocycles. The Labute approximate surface area is 205 Å². The molecule has 0 spiro atoms. The van der Waals surface area contributed by atoms with E-state index in [1.807, 2.05) is 55.5 Å². The molecule has 5 rings (SSSR count). The molecule has 3 heterocycles. The summed E-state index contributed by atoms with van der Waals surface area (Å²) in [4.78, 5) is 15.0. The molecule has 4 aromatic rings. The number of aryl methyl sites for hydroxylation is 1. The molecule has 0 saturated heterocycles. The Morgan fingerprint density at radius 2 is 1.83 bits per heavy atom. The van der Waals surface area contributed by atoms with Gasteiger partial charge in [0.25, 0.3) is 0 Å². The third-order valence-electron chi connectivity index (χ3n) is 6.59. The van der Waals surface area contributed by atoms with Crippen molar-refractivity contribution in [3.8, 4) is 11.3 Å². The molecular formula is C28H31N5O2. The van der Waals surface area contributed by atoms with Crippen LogP contribution in [0.4, 0.5) is 0 Å². The zero-order valence-corrected chi connectivity index (χ0v) is 20.1. The highest BCUT2D eigenvalue weighted by molar-refractivity contribution is 5.76. The fourth-order valence-electron chi connectivity index (χ4n) is 4.72. The lowest BCUT2D eigenvalue weighted by molar-refractivity contribution is -0.121. The second-order valence-corrected chi connectivity index (χ2v) is 9.06. The maximum atomic E-state index is 12.6. The molecule has 0 bridgehead atoms. The van der Waals surface area contributed by atoms with E-state index in [9.17, 15) is 4.79 Å². The smallest absolute Gasteiger partial charge is 0.220 e. The fraction of sp³-hybridized carbons (Fsp3) is 0.321. The first-order chi connectivity index (χ1) is 17.2. The summed E-state index contributed by atoms with van der Waals surface area (Å²) in [6, 6.07) is 22.2. The molecule has 1 atom stereocenters. The van der Waals surface area contributed by atoms with Crippen LogP contribution in [0.15, 0.2) is 77.4 Å². The van der Waals surface area contributed by atoms with Crippen LogP contribution in [0.1, 0.15) is 42.2 Å². The lowest BCUT2D eigenvalue weighted by atomic mass is 10.0. The van der Waals surface area contributed by atoms with Gasteiger partial charge in [0.2, 0.25) is 5.91 Å². The number of furan rings is 1. The number of benzene rings is 2. The molecule has 2 aromatic heterocycles. The molecule has 1 aliphatic heterocycles. The van der Waals surface area contributed by atoms with Crippen LogP contribution in [0, 0.1) is 0 Å². The summed E-state index contributed by atoms with van der Waals surface area (Å²) in [5, 5.41) is 12.0. The van der Waals surface area contributed by atoms with E-state index in [4.69, 9.17) is 4.42 Å². The molecule has 0 radical (unpaired) electrons. The lowest BCUT2D eigenvalue weighted by Crippen LogP contribution is -2.30.